The predicted molar refractivity (Wildman–Crippen MR) is 130 cm³/mol. The summed E-state index contributed by atoms with van der Waals surface area (Å²) in [5.41, 5.74) is 5.51. The minimum Gasteiger partial charge on any atom is -0.493 e. The molecule has 3 aromatic carbocycles. The summed E-state index contributed by atoms with van der Waals surface area (Å²) in [5, 5.41) is 4.75. The Labute approximate surface area is 197 Å². The van der Waals surface area contributed by atoms with Crippen molar-refractivity contribution in [2.24, 2.45) is 5.10 Å². The number of rotatable bonds is 8. The largest absolute Gasteiger partial charge is 0.493 e. The van der Waals surface area contributed by atoms with E-state index in [2.05, 4.69) is 10.5 Å². The normalized spacial score (nSPS) is 10.8. The zero-order valence-corrected chi connectivity index (χ0v) is 18.7. The minimum atomic E-state index is -0.304. The Morgan fingerprint density at radius 3 is 2.55 bits per heavy atom. The summed E-state index contributed by atoms with van der Waals surface area (Å²) in [5.74, 6) is 0.830. The van der Waals surface area contributed by atoms with Gasteiger partial charge in [0.25, 0.3) is 5.91 Å². The molecule has 166 valence electrons. The summed E-state index contributed by atoms with van der Waals surface area (Å²) in [6.07, 6.45) is 5.32. The zero-order chi connectivity index (χ0) is 23.0. The molecule has 7 heteroatoms. The van der Waals surface area contributed by atoms with Gasteiger partial charge in [-0.25, -0.2) is 5.43 Å². The molecule has 1 N–H and O–H groups in total. The molecule has 0 saturated heterocycles. The van der Waals surface area contributed by atoms with Crippen molar-refractivity contribution in [3.8, 4) is 17.2 Å². The molecule has 0 aliphatic heterocycles. The van der Waals surface area contributed by atoms with Crippen LogP contribution in [0.25, 0.3) is 5.69 Å². The highest BCUT2D eigenvalue weighted by Crippen LogP contribution is 2.29. The number of halogens is 1. The molecule has 0 saturated carbocycles. The van der Waals surface area contributed by atoms with Gasteiger partial charge in [-0.05, 0) is 54.1 Å². The van der Waals surface area contributed by atoms with E-state index in [-0.39, 0.29) is 5.91 Å². The Hall–Kier alpha value is -4.03. The van der Waals surface area contributed by atoms with Gasteiger partial charge in [-0.2, -0.15) is 5.10 Å². The maximum atomic E-state index is 12.7. The van der Waals surface area contributed by atoms with E-state index in [9.17, 15) is 4.79 Å². The van der Waals surface area contributed by atoms with Gasteiger partial charge in [0, 0.05) is 23.0 Å². The third kappa shape index (κ3) is 5.42. The fourth-order valence-corrected chi connectivity index (χ4v) is 3.46. The number of hydrogen-bond acceptors (Lipinski definition) is 4. The van der Waals surface area contributed by atoms with Crippen molar-refractivity contribution in [2.75, 3.05) is 7.11 Å². The first-order valence-electron chi connectivity index (χ1n) is 10.3. The zero-order valence-electron chi connectivity index (χ0n) is 17.9. The molecule has 0 bridgehead atoms. The number of carbonyl (C=O) groups is 1. The molecule has 0 aliphatic rings. The summed E-state index contributed by atoms with van der Waals surface area (Å²) < 4.78 is 13.2. The molecule has 4 aromatic rings. The minimum absolute atomic E-state index is 0.304. The first-order valence-corrected chi connectivity index (χ1v) is 10.6. The number of nitrogens with zero attached hydrogens (tertiary/aromatic N) is 2. The van der Waals surface area contributed by atoms with E-state index < -0.39 is 0 Å². The fraction of sp³-hybridized carbons (Fsp3) is 0.0769. The van der Waals surface area contributed by atoms with Crippen molar-refractivity contribution in [3.63, 3.8) is 0 Å². The lowest BCUT2D eigenvalue weighted by Crippen LogP contribution is -2.19. The lowest BCUT2D eigenvalue weighted by atomic mass is 10.1. The lowest BCUT2D eigenvalue weighted by molar-refractivity contribution is 0.0955. The first kappa shape index (κ1) is 22.2. The summed E-state index contributed by atoms with van der Waals surface area (Å²) in [7, 11) is 1.57. The Morgan fingerprint density at radius 2 is 1.76 bits per heavy atom. The van der Waals surface area contributed by atoms with Gasteiger partial charge in [0.05, 0.1) is 24.6 Å². The van der Waals surface area contributed by atoms with Crippen LogP contribution in [0, 0.1) is 0 Å². The van der Waals surface area contributed by atoms with Gasteiger partial charge in [-0.3, -0.25) is 4.79 Å². The van der Waals surface area contributed by atoms with Crippen molar-refractivity contribution in [1.82, 2.24) is 9.99 Å². The van der Waals surface area contributed by atoms with Crippen LogP contribution in [0.3, 0.4) is 0 Å². The van der Waals surface area contributed by atoms with Crippen molar-refractivity contribution < 1.29 is 14.3 Å². The molecular formula is C26H22ClN3O3. The summed E-state index contributed by atoms with van der Waals surface area (Å²) in [4.78, 5) is 12.7. The number of aromatic nitrogens is 1. The second-order valence-corrected chi connectivity index (χ2v) is 7.50. The van der Waals surface area contributed by atoms with Crippen LogP contribution < -0.4 is 14.9 Å². The summed E-state index contributed by atoms with van der Waals surface area (Å²) in [6.45, 7) is 0.320. The van der Waals surface area contributed by atoms with Crippen LogP contribution in [0.1, 0.15) is 21.5 Å². The van der Waals surface area contributed by atoms with E-state index in [0.29, 0.717) is 28.7 Å². The van der Waals surface area contributed by atoms with Gasteiger partial charge >= 0.3 is 0 Å². The lowest BCUT2D eigenvalue weighted by Gasteiger charge is -2.12. The van der Waals surface area contributed by atoms with Crippen LogP contribution >= 0.6 is 11.6 Å². The molecule has 0 radical (unpaired) electrons. The molecule has 33 heavy (non-hydrogen) atoms. The van der Waals surface area contributed by atoms with Crippen LogP contribution in [0.4, 0.5) is 0 Å². The Morgan fingerprint density at radius 1 is 1.00 bits per heavy atom. The molecule has 0 spiro atoms. The van der Waals surface area contributed by atoms with Crippen molar-refractivity contribution in [3.05, 3.63) is 113 Å². The molecule has 1 amide bonds. The van der Waals surface area contributed by atoms with Crippen LogP contribution in [0.15, 0.2) is 96.4 Å². The molecule has 4 rings (SSSR count). The Balaban J connectivity index is 1.43. The topological polar surface area (TPSA) is 64.8 Å². The van der Waals surface area contributed by atoms with Crippen LogP contribution in [-0.4, -0.2) is 23.8 Å². The third-order valence-corrected chi connectivity index (χ3v) is 5.31. The molecule has 0 aliphatic carbocycles. The maximum absolute atomic E-state index is 12.7. The van der Waals surface area contributed by atoms with E-state index in [1.807, 2.05) is 77.6 Å². The van der Waals surface area contributed by atoms with Crippen LogP contribution in [-0.2, 0) is 6.61 Å². The van der Waals surface area contributed by atoms with E-state index in [4.69, 9.17) is 21.1 Å². The van der Waals surface area contributed by atoms with Crippen molar-refractivity contribution >= 4 is 23.7 Å². The number of nitrogens with one attached hydrogen (secondary N) is 1. The average Bonchev–Trinajstić information content (AvgIpc) is 3.39. The summed E-state index contributed by atoms with van der Waals surface area (Å²) >= 11 is 6.19. The Bertz CT molecular complexity index is 1270. The number of ether oxygens (including phenoxy) is 2. The first-order chi connectivity index (χ1) is 16.2. The van der Waals surface area contributed by atoms with Gasteiger partial charge in [-0.15, -0.1) is 0 Å². The highest BCUT2D eigenvalue weighted by Gasteiger charge is 2.11. The van der Waals surface area contributed by atoms with Crippen molar-refractivity contribution in [1.29, 1.82) is 0 Å². The number of benzene rings is 3. The molecular weight excluding hydrogens is 438 g/mol. The maximum Gasteiger partial charge on any atom is 0.273 e. The standard InChI is InChI=1S/C26H22ClN3O3/c1-32-25-16-19(12-13-24(25)33-18-20-8-2-4-10-22(20)27)17-28-29-26(31)21-9-3-5-11-23(21)30-14-6-7-15-30/h2-17H,18H2,1H3,(H,29,31)/b28-17-. The number of amides is 1. The van der Waals surface area contributed by atoms with E-state index in [1.54, 1.807) is 31.5 Å². The van der Waals surface area contributed by atoms with Crippen LogP contribution in [0.2, 0.25) is 5.02 Å². The van der Waals surface area contributed by atoms with Gasteiger partial charge in [0.15, 0.2) is 11.5 Å². The number of carbonyl (C=O) groups excluding carboxylic acids is 1. The van der Waals surface area contributed by atoms with E-state index >= 15 is 0 Å². The molecule has 1 aromatic heterocycles. The highest BCUT2D eigenvalue weighted by atomic mass is 35.5. The van der Waals surface area contributed by atoms with E-state index in [1.165, 1.54) is 0 Å². The van der Waals surface area contributed by atoms with Gasteiger partial charge in [-0.1, -0.05) is 41.9 Å². The molecule has 6 nitrogen and oxygen atoms in total. The molecule has 1 heterocycles. The van der Waals surface area contributed by atoms with Crippen molar-refractivity contribution in [2.45, 2.75) is 6.61 Å². The number of methoxy groups -OCH3 is 1. The van der Waals surface area contributed by atoms with Crippen LogP contribution in [0.5, 0.6) is 11.5 Å². The second kappa shape index (κ2) is 10.5. The number of hydrazone groups is 1. The highest BCUT2D eigenvalue weighted by molar-refractivity contribution is 6.31. The summed E-state index contributed by atoms with van der Waals surface area (Å²) in [6, 6.07) is 24.1. The Kier molecular flexibility index (Phi) is 7.07. The van der Waals surface area contributed by atoms with Gasteiger partial charge < -0.3 is 14.0 Å². The SMILES string of the molecule is COc1cc(/C=N\NC(=O)c2ccccc2-n2cccc2)ccc1OCc1ccccc1Cl. The van der Waals surface area contributed by atoms with Gasteiger partial charge in [0.2, 0.25) is 0 Å². The smallest absolute Gasteiger partial charge is 0.273 e. The predicted octanol–water partition coefficient (Wildman–Crippen LogP) is 5.48. The molecule has 0 unspecified atom stereocenters. The number of hydrogen-bond donors (Lipinski definition) is 1. The molecule has 0 atom stereocenters. The fourth-order valence-electron chi connectivity index (χ4n) is 3.27. The van der Waals surface area contributed by atoms with E-state index in [0.717, 1.165) is 16.8 Å². The van der Waals surface area contributed by atoms with Gasteiger partial charge in [0.1, 0.15) is 6.61 Å². The number of para-hydroxylation sites is 1. The quantitative estimate of drug-likeness (QED) is 0.280. The third-order valence-electron chi connectivity index (χ3n) is 4.94. The average molecular weight is 460 g/mol. The second-order valence-electron chi connectivity index (χ2n) is 7.10. The molecule has 0 fully saturated rings. The monoisotopic (exact) mass is 459 g/mol.